The Labute approximate surface area is 142 Å². The summed E-state index contributed by atoms with van der Waals surface area (Å²) in [5.74, 6) is 0.818. The third-order valence-corrected chi connectivity index (χ3v) is 3.85. The molecule has 0 aromatic heterocycles. The number of fused-ring (bicyclic) bond motifs is 1. The molecule has 5 heteroatoms. The second-order valence-corrected chi connectivity index (χ2v) is 5.45. The molecule has 2 aromatic rings. The van der Waals surface area contributed by atoms with E-state index in [0.717, 1.165) is 16.9 Å². The van der Waals surface area contributed by atoms with E-state index in [1.165, 1.54) is 0 Å². The quantitative estimate of drug-likeness (QED) is 0.914. The number of nitrogens with zero attached hydrogens (tertiary/aromatic N) is 1. The second-order valence-electron chi connectivity index (χ2n) is 5.45. The SMILES string of the molecule is Cl.NCCN(Cc1ccccc1)C(=O)C1Cc2ccccc2O1. The number of amides is 1. The van der Waals surface area contributed by atoms with Crippen LogP contribution in [0, 0.1) is 0 Å². The van der Waals surface area contributed by atoms with Gasteiger partial charge in [0.1, 0.15) is 5.75 Å². The number of halogens is 1. The van der Waals surface area contributed by atoms with Gasteiger partial charge in [0.25, 0.3) is 5.91 Å². The number of carbonyl (C=O) groups is 1. The van der Waals surface area contributed by atoms with Crippen molar-refractivity contribution in [3.63, 3.8) is 0 Å². The topological polar surface area (TPSA) is 55.6 Å². The van der Waals surface area contributed by atoms with Crippen LogP contribution >= 0.6 is 12.4 Å². The average Bonchev–Trinajstić information content (AvgIpc) is 2.99. The Bertz CT molecular complexity index is 623. The number of rotatable bonds is 5. The average molecular weight is 333 g/mol. The van der Waals surface area contributed by atoms with Gasteiger partial charge in [-0.25, -0.2) is 0 Å². The fourth-order valence-electron chi connectivity index (χ4n) is 2.75. The molecule has 0 saturated carbocycles. The Kier molecular flexibility index (Phi) is 6.02. The van der Waals surface area contributed by atoms with Gasteiger partial charge in [-0.3, -0.25) is 4.79 Å². The predicted molar refractivity (Wildman–Crippen MR) is 92.7 cm³/mol. The molecule has 3 rings (SSSR count). The molecule has 0 aliphatic carbocycles. The Morgan fingerprint density at radius 3 is 2.52 bits per heavy atom. The molecule has 1 heterocycles. The van der Waals surface area contributed by atoms with Crippen molar-refractivity contribution in [2.24, 2.45) is 5.73 Å². The van der Waals surface area contributed by atoms with Gasteiger partial charge in [0.2, 0.25) is 0 Å². The van der Waals surface area contributed by atoms with E-state index in [9.17, 15) is 4.79 Å². The van der Waals surface area contributed by atoms with Crippen LogP contribution in [0.5, 0.6) is 5.75 Å². The van der Waals surface area contributed by atoms with Gasteiger partial charge in [-0.1, -0.05) is 48.5 Å². The largest absolute Gasteiger partial charge is 0.480 e. The summed E-state index contributed by atoms with van der Waals surface area (Å²) in [5.41, 5.74) is 7.86. The van der Waals surface area contributed by atoms with E-state index in [0.29, 0.717) is 26.1 Å². The zero-order chi connectivity index (χ0) is 15.4. The molecule has 0 saturated heterocycles. The summed E-state index contributed by atoms with van der Waals surface area (Å²) < 4.78 is 5.80. The molecule has 23 heavy (non-hydrogen) atoms. The molecular formula is C18H21ClN2O2. The summed E-state index contributed by atoms with van der Waals surface area (Å²) in [6.07, 6.45) is 0.192. The maximum atomic E-state index is 12.8. The van der Waals surface area contributed by atoms with Gasteiger partial charge in [0.05, 0.1) is 0 Å². The molecule has 1 amide bonds. The van der Waals surface area contributed by atoms with Crippen molar-refractivity contribution in [1.29, 1.82) is 0 Å². The molecule has 0 fully saturated rings. The number of hydrogen-bond acceptors (Lipinski definition) is 3. The highest BCUT2D eigenvalue weighted by Gasteiger charge is 2.31. The van der Waals surface area contributed by atoms with Gasteiger partial charge in [0.15, 0.2) is 6.10 Å². The van der Waals surface area contributed by atoms with Crippen molar-refractivity contribution in [2.75, 3.05) is 13.1 Å². The van der Waals surface area contributed by atoms with E-state index < -0.39 is 6.10 Å². The van der Waals surface area contributed by atoms with E-state index >= 15 is 0 Å². The van der Waals surface area contributed by atoms with Gasteiger partial charge >= 0.3 is 0 Å². The first-order valence-corrected chi connectivity index (χ1v) is 7.55. The van der Waals surface area contributed by atoms with Gasteiger partial charge < -0.3 is 15.4 Å². The highest BCUT2D eigenvalue weighted by molar-refractivity contribution is 5.85. The van der Waals surface area contributed by atoms with Gasteiger partial charge in [0, 0.05) is 26.1 Å². The van der Waals surface area contributed by atoms with Crippen LogP contribution < -0.4 is 10.5 Å². The summed E-state index contributed by atoms with van der Waals surface area (Å²) in [5, 5.41) is 0. The molecular weight excluding hydrogens is 312 g/mol. The van der Waals surface area contributed by atoms with Crippen molar-refractivity contribution < 1.29 is 9.53 Å². The number of nitrogens with two attached hydrogens (primary N) is 1. The van der Waals surface area contributed by atoms with Crippen LogP contribution in [0.1, 0.15) is 11.1 Å². The van der Waals surface area contributed by atoms with Crippen LogP contribution in [0.15, 0.2) is 54.6 Å². The number of hydrogen-bond donors (Lipinski definition) is 1. The normalized spacial score (nSPS) is 15.3. The highest BCUT2D eigenvalue weighted by Crippen LogP contribution is 2.29. The second kappa shape index (κ2) is 7.99. The standard InChI is InChI=1S/C18H20N2O2.ClH/c19-10-11-20(13-14-6-2-1-3-7-14)18(21)17-12-15-8-4-5-9-16(15)22-17;/h1-9,17H,10-13,19H2;1H. The lowest BCUT2D eigenvalue weighted by Crippen LogP contribution is -2.43. The van der Waals surface area contributed by atoms with E-state index in [-0.39, 0.29) is 18.3 Å². The Morgan fingerprint density at radius 2 is 1.83 bits per heavy atom. The van der Waals surface area contributed by atoms with Gasteiger partial charge in [-0.2, -0.15) is 0 Å². The zero-order valence-corrected chi connectivity index (χ0v) is 13.7. The lowest BCUT2D eigenvalue weighted by atomic mass is 10.1. The number of ether oxygens (including phenoxy) is 1. The summed E-state index contributed by atoms with van der Waals surface area (Å²) >= 11 is 0. The van der Waals surface area contributed by atoms with Crippen LogP contribution in [0.3, 0.4) is 0 Å². The van der Waals surface area contributed by atoms with Crippen LogP contribution in [-0.2, 0) is 17.8 Å². The molecule has 0 bridgehead atoms. The molecule has 1 aliphatic rings. The summed E-state index contributed by atoms with van der Waals surface area (Å²) in [4.78, 5) is 14.5. The molecule has 4 nitrogen and oxygen atoms in total. The maximum absolute atomic E-state index is 12.8. The molecule has 1 unspecified atom stereocenters. The first-order chi connectivity index (χ1) is 10.8. The molecule has 0 radical (unpaired) electrons. The minimum Gasteiger partial charge on any atom is -0.480 e. The van der Waals surface area contributed by atoms with E-state index in [4.69, 9.17) is 10.5 Å². The third kappa shape index (κ3) is 4.03. The predicted octanol–water partition coefficient (Wildman–Crippen LogP) is 2.40. The maximum Gasteiger partial charge on any atom is 0.264 e. The van der Waals surface area contributed by atoms with Crippen LogP contribution in [0.25, 0.3) is 0 Å². The molecule has 0 spiro atoms. The zero-order valence-electron chi connectivity index (χ0n) is 12.9. The minimum absolute atomic E-state index is 0. The number of para-hydroxylation sites is 1. The van der Waals surface area contributed by atoms with Crippen LogP contribution in [-0.4, -0.2) is 30.0 Å². The molecule has 1 aliphatic heterocycles. The first kappa shape index (κ1) is 17.3. The van der Waals surface area contributed by atoms with Crippen molar-refractivity contribution in [3.05, 3.63) is 65.7 Å². The lowest BCUT2D eigenvalue weighted by molar-refractivity contribution is -0.138. The van der Waals surface area contributed by atoms with Crippen LogP contribution in [0.4, 0.5) is 0 Å². The van der Waals surface area contributed by atoms with Crippen molar-refractivity contribution in [1.82, 2.24) is 4.90 Å². The molecule has 2 N–H and O–H groups in total. The van der Waals surface area contributed by atoms with Crippen molar-refractivity contribution in [2.45, 2.75) is 19.1 Å². The number of benzene rings is 2. The monoisotopic (exact) mass is 332 g/mol. The Hall–Kier alpha value is -2.04. The molecule has 122 valence electrons. The Balaban J connectivity index is 0.00000192. The smallest absolute Gasteiger partial charge is 0.264 e. The molecule has 2 aromatic carbocycles. The molecule has 1 atom stereocenters. The lowest BCUT2D eigenvalue weighted by Gasteiger charge is -2.25. The van der Waals surface area contributed by atoms with Crippen LogP contribution in [0.2, 0.25) is 0 Å². The van der Waals surface area contributed by atoms with Gasteiger partial charge in [-0.05, 0) is 17.2 Å². The third-order valence-electron chi connectivity index (χ3n) is 3.85. The highest BCUT2D eigenvalue weighted by atomic mass is 35.5. The number of carbonyl (C=O) groups excluding carboxylic acids is 1. The first-order valence-electron chi connectivity index (χ1n) is 7.55. The fraction of sp³-hybridized carbons (Fsp3) is 0.278. The van der Waals surface area contributed by atoms with E-state index in [2.05, 4.69) is 0 Å². The van der Waals surface area contributed by atoms with Crippen molar-refractivity contribution >= 4 is 18.3 Å². The Morgan fingerprint density at radius 1 is 1.13 bits per heavy atom. The minimum atomic E-state index is -0.437. The van der Waals surface area contributed by atoms with Crippen molar-refractivity contribution in [3.8, 4) is 5.75 Å². The van der Waals surface area contributed by atoms with E-state index in [1.807, 2.05) is 54.6 Å². The summed E-state index contributed by atoms with van der Waals surface area (Å²) in [6, 6.07) is 17.8. The fourth-order valence-corrected chi connectivity index (χ4v) is 2.75. The summed E-state index contributed by atoms with van der Waals surface area (Å²) in [6.45, 7) is 1.54. The van der Waals surface area contributed by atoms with E-state index in [1.54, 1.807) is 4.90 Å². The van der Waals surface area contributed by atoms with Gasteiger partial charge in [-0.15, -0.1) is 12.4 Å². The summed E-state index contributed by atoms with van der Waals surface area (Å²) in [7, 11) is 0.